The highest BCUT2D eigenvalue weighted by atomic mass is 35.5. The van der Waals surface area contributed by atoms with Gasteiger partial charge >= 0.3 is 0 Å². The van der Waals surface area contributed by atoms with Crippen LogP contribution in [0.5, 0.6) is 11.5 Å². The number of methoxy groups -OCH3 is 1. The minimum atomic E-state index is -0.284. The van der Waals surface area contributed by atoms with E-state index in [2.05, 4.69) is 10.6 Å². The van der Waals surface area contributed by atoms with Gasteiger partial charge in [-0.25, -0.2) is 0 Å². The number of benzene rings is 3. The van der Waals surface area contributed by atoms with E-state index in [-0.39, 0.29) is 25.0 Å². The summed E-state index contributed by atoms with van der Waals surface area (Å²) in [5.41, 5.74) is 1.77. The van der Waals surface area contributed by atoms with Crippen LogP contribution in [-0.4, -0.2) is 32.0 Å². The number of carbonyl (C=O) groups is 2. The normalized spacial score (nSPS) is 10.3. The van der Waals surface area contributed by atoms with E-state index in [0.717, 1.165) is 5.56 Å². The Hall–Kier alpha value is -3.51. The number of carbonyl (C=O) groups excluding carboxylic acids is 2. The maximum atomic E-state index is 12.6. The van der Waals surface area contributed by atoms with Gasteiger partial charge in [-0.15, -0.1) is 0 Å². The van der Waals surface area contributed by atoms with Crippen LogP contribution >= 0.6 is 11.6 Å². The SMILES string of the molecule is COc1ccc(C(=O)NCCNC(=O)c2ccccc2OCc2ccccc2Cl)cc1. The van der Waals surface area contributed by atoms with Gasteiger partial charge in [0.25, 0.3) is 11.8 Å². The lowest BCUT2D eigenvalue weighted by Crippen LogP contribution is -2.34. The van der Waals surface area contributed by atoms with E-state index in [1.54, 1.807) is 61.7 Å². The van der Waals surface area contributed by atoms with Gasteiger partial charge in [-0.1, -0.05) is 41.9 Å². The largest absolute Gasteiger partial charge is 0.497 e. The average molecular weight is 439 g/mol. The monoisotopic (exact) mass is 438 g/mol. The van der Waals surface area contributed by atoms with Gasteiger partial charge in [-0.05, 0) is 42.5 Å². The molecule has 160 valence electrons. The Labute approximate surface area is 186 Å². The molecule has 3 aromatic carbocycles. The quantitative estimate of drug-likeness (QED) is 0.493. The number of amides is 2. The molecule has 3 rings (SSSR count). The van der Waals surface area contributed by atoms with Crippen LogP contribution in [0.4, 0.5) is 0 Å². The van der Waals surface area contributed by atoms with Crippen LogP contribution in [0.2, 0.25) is 5.02 Å². The number of para-hydroxylation sites is 1. The molecule has 0 fully saturated rings. The molecule has 0 bridgehead atoms. The zero-order valence-electron chi connectivity index (χ0n) is 17.1. The van der Waals surface area contributed by atoms with Crippen molar-refractivity contribution in [2.45, 2.75) is 6.61 Å². The molecule has 0 aliphatic rings. The molecule has 0 aromatic heterocycles. The fraction of sp³-hybridized carbons (Fsp3) is 0.167. The predicted octanol–water partition coefficient (Wildman–Crippen LogP) is 4.09. The van der Waals surface area contributed by atoms with Crippen molar-refractivity contribution >= 4 is 23.4 Å². The third-order valence-corrected chi connectivity index (χ3v) is 4.89. The van der Waals surface area contributed by atoms with Crippen molar-refractivity contribution < 1.29 is 19.1 Å². The summed E-state index contributed by atoms with van der Waals surface area (Å²) in [6.45, 7) is 0.820. The highest BCUT2D eigenvalue weighted by Crippen LogP contribution is 2.22. The van der Waals surface area contributed by atoms with Gasteiger partial charge in [0.05, 0.1) is 12.7 Å². The van der Waals surface area contributed by atoms with E-state index >= 15 is 0 Å². The Morgan fingerprint density at radius 2 is 1.48 bits per heavy atom. The minimum Gasteiger partial charge on any atom is -0.497 e. The third-order valence-electron chi connectivity index (χ3n) is 4.52. The lowest BCUT2D eigenvalue weighted by molar-refractivity contribution is 0.0925. The Morgan fingerprint density at radius 3 is 2.19 bits per heavy atom. The van der Waals surface area contributed by atoms with Gasteiger partial charge in [-0.3, -0.25) is 9.59 Å². The number of hydrogen-bond acceptors (Lipinski definition) is 4. The zero-order chi connectivity index (χ0) is 22.1. The van der Waals surface area contributed by atoms with Crippen molar-refractivity contribution in [3.8, 4) is 11.5 Å². The van der Waals surface area contributed by atoms with Crippen molar-refractivity contribution in [3.05, 3.63) is 94.5 Å². The van der Waals surface area contributed by atoms with E-state index in [4.69, 9.17) is 21.1 Å². The van der Waals surface area contributed by atoms with Crippen LogP contribution in [-0.2, 0) is 6.61 Å². The van der Waals surface area contributed by atoms with Crippen molar-refractivity contribution in [1.82, 2.24) is 10.6 Å². The number of halogens is 1. The number of ether oxygens (including phenoxy) is 2. The smallest absolute Gasteiger partial charge is 0.255 e. The molecular formula is C24H23ClN2O4. The van der Waals surface area contributed by atoms with Gasteiger partial charge in [-0.2, -0.15) is 0 Å². The second-order valence-electron chi connectivity index (χ2n) is 6.62. The fourth-order valence-electron chi connectivity index (χ4n) is 2.84. The van der Waals surface area contributed by atoms with Crippen LogP contribution in [0.25, 0.3) is 0 Å². The van der Waals surface area contributed by atoms with Crippen LogP contribution in [0.3, 0.4) is 0 Å². The minimum absolute atomic E-state index is 0.222. The molecule has 0 atom stereocenters. The lowest BCUT2D eigenvalue weighted by atomic mass is 10.2. The lowest BCUT2D eigenvalue weighted by Gasteiger charge is -2.13. The molecule has 0 saturated heterocycles. The average Bonchev–Trinajstić information content (AvgIpc) is 2.81. The van der Waals surface area contributed by atoms with Gasteiger partial charge in [0.1, 0.15) is 18.1 Å². The standard InChI is InChI=1S/C24H23ClN2O4/c1-30-19-12-10-17(11-13-19)23(28)26-14-15-27-24(29)20-7-3-5-9-22(20)31-16-18-6-2-4-8-21(18)25/h2-13H,14-16H2,1H3,(H,26,28)(H,27,29). The molecule has 0 spiro atoms. The van der Waals surface area contributed by atoms with Gasteiger partial charge in [0.15, 0.2) is 0 Å². The molecule has 2 amide bonds. The maximum Gasteiger partial charge on any atom is 0.255 e. The Morgan fingerprint density at radius 1 is 0.839 bits per heavy atom. The first-order valence-corrected chi connectivity index (χ1v) is 10.1. The second kappa shape index (κ2) is 11.0. The van der Waals surface area contributed by atoms with Crippen molar-refractivity contribution in [2.24, 2.45) is 0 Å². The molecule has 0 aliphatic heterocycles. The summed E-state index contributed by atoms with van der Waals surface area (Å²) in [7, 11) is 1.57. The Balaban J connectivity index is 1.50. The van der Waals surface area contributed by atoms with Crippen molar-refractivity contribution in [3.63, 3.8) is 0 Å². The van der Waals surface area contributed by atoms with E-state index in [0.29, 0.717) is 34.2 Å². The van der Waals surface area contributed by atoms with E-state index < -0.39 is 0 Å². The summed E-state index contributed by atoms with van der Waals surface area (Å²) in [4.78, 5) is 24.8. The highest BCUT2D eigenvalue weighted by molar-refractivity contribution is 6.31. The molecule has 3 aromatic rings. The first-order valence-electron chi connectivity index (χ1n) is 9.74. The van der Waals surface area contributed by atoms with Crippen LogP contribution in [0.15, 0.2) is 72.8 Å². The topological polar surface area (TPSA) is 76.7 Å². The Bertz CT molecular complexity index is 1040. The second-order valence-corrected chi connectivity index (χ2v) is 7.02. The van der Waals surface area contributed by atoms with Crippen LogP contribution in [0.1, 0.15) is 26.3 Å². The molecule has 7 heteroatoms. The van der Waals surface area contributed by atoms with Gasteiger partial charge < -0.3 is 20.1 Å². The summed E-state index contributed by atoms with van der Waals surface area (Å²) < 4.78 is 10.9. The van der Waals surface area contributed by atoms with Crippen LogP contribution in [0, 0.1) is 0 Å². The first kappa shape index (κ1) is 22.2. The molecule has 0 unspecified atom stereocenters. The Kier molecular flexibility index (Phi) is 7.90. The molecule has 6 nitrogen and oxygen atoms in total. The first-order chi connectivity index (χ1) is 15.1. The van der Waals surface area contributed by atoms with E-state index in [1.165, 1.54) is 0 Å². The molecule has 0 saturated carbocycles. The van der Waals surface area contributed by atoms with Crippen molar-refractivity contribution in [1.29, 1.82) is 0 Å². The van der Waals surface area contributed by atoms with Gasteiger partial charge in [0.2, 0.25) is 0 Å². The van der Waals surface area contributed by atoms with Gasteiger partial charge in [0, 0.05) is 29.2 Å². The fourth-order valence-corrected chi connectivity index (χ4v) is 3.03. The summed E-state index contributed by atoms with van der Waals surface area (Å²) in [6.07, 6.45) is 0. The molecular weight excluding hydrogens is 416 g/mol. The number of hydrogen-bond donors (Lipinski definition) is 2. The zero-order valence-corrected chi connectivity index (χ0v) is 17.8. The summed E-state index contributed by atoms with van der Waals surface area (Å²) in [6, 6.07) is 21.2. The van der Waals surface area contributed by atoms with Crippen molar-refractivity contribution in [2.75, 3.05) is 20.2 Å². The molecule has 31 heavy (non-hydrogen) atoms. The molecule has 0 heterocycles. The third kappa shape index (κ3) is 6.23. The highest BCUT2D eigenvalue weighted by Gasteiger charge is 2.13. The number of nitrogens with one attached hydrogen (secondary N) is 2. The van der Waals surface area contributed by atoms with E-state index in [1.807, 2.05) is 18.2 Å². The summed E-state index contributed by atoms with van der Waals surface area (Å²) >= 11 is 6.16. The maximum absolute atomic E-state index is 12.6. The molecule has 0 aliphatic carbocycles. The molecule has 0 radical (unpaired) electrons. The summed E-state index contributed by atoms with van der Waals surface area (Å²) in [5, 5.41) is 6.17. The number of rotatable bonds is 9. The predicted molar refractivity (Wildman–Crippen MR) is 120 cm³/mol. The summed E-state index contributed by atoms with van der Waals surface area (Å²) in [5.74, 6) is 0.634. The van der Waals surface area contributed by atoms with E-state index in [9.17, 15) is 9.59 Å². The molecule has 2 N–H and O–H groups in total. The van der Waals surface area contributed by atoms with Crippen LogP contribution < -0.4 is 20.1 Å².